The monoisotopic (exact) mass is 799 g/mol. The van der Waals surface area contributed by atoms with Crippen LogP contribution >= 0.6 is 18.9 Å². The van der Waals surface area contributed by atoms with Crippen LogP contribution in [-0.4, -0.2) is 0 Å². The molecule has 0 N–H and O–H groups in total. The van der Waals surface area contributed by atoms with E-state index in [1.165, 1.54) is 57.2 Å². The van der Waals surface area contributed by atoms with Crippen molar-refractivity contribution in [2.75, 3.05) is 4.90 Å². The van der Waals surface area contributed by atoms with Crippen LogP contribution in [0.2, 0.25) is 0 Å². The zero-order valence-corrected chi connectivity index (χ0v) is 34.3. The Hall–Kier alpha value is -6.06. The maximum absolute atomic E-state index is 15.9. The molecule has 1 aromatic heterocycles. The van der Waals surface area contributed by atoms with E-state index in [1.807, 2.05) is 90.6 Å². The van der Waals surface area contributed by atoms with Crippen LogP contribution in [0.1, 0.15) is 43.2 Å². The molecule has 1 saturated carbocycles. The fourth-order valence-electron chi connectivity index (χ4n) is 9.71. The topological polar surface area (TPSA) is 33.5 Å². The Kier molecular flexibility index (Phi) is 8.95. The van der Waals surface area contributed by atoms with Gasteiger partial charge in [0.15, 0.2) is 7.14 Å². The first-order chi connectivity index (χ1) is 29.1. The number of para-hydroxylation sites is 3. The summed E-state index contributed by atoms with van der Waals surface area (Å²) >= 11 is 1.84. The first kappa shape index (κ1) is 36.1. The number of anilines is 3. The number of hydrogen-bond donors (Lipinski definition) is 0. The molecule has 1 aliphatic carbocycles. The van der Waals surface area contributed by atoms with E-state index in [1.54, 1.807) is 0 Å². The first-order valence-corrected chi connectivity index (χ1v) is 23.2. The van der Waals surface area contributed by atoms with Crippen molar-refractivity contribution < 1.29 is 8.98 Å². The quantitative estimate of drug-likeness (QED) is 0.150. The molecule has 9 aromatic rings. The molecule has 0 bridgehead atoms. The maximum atomic E-state index is 15.9. The molecular formula is C54H42NO2PS. The fourth-order valence-corrected chi connectivity index (χ4v) is 13.6. The summed E-state index contributed by atoms with van der Waals surface area (Å²) in [6.45, 7) is 0. The van der Waals surface area contributed by atoms with Gasteiger partial charge in [-0.15, -0.1) is 0 Å². The highest BCUT2D eigenvalue weighted by atomic mass is 32.2. The largest absolute Gasteiger partial charge is 0.455 e. The van der Waals surface area contributed by atoms with Gasteiger partial charge in [0.05, 0.1) is 16.7 Å². The van der Waals surface area contributed by atoms with Gasteiger partial charge in [-0.1, -0.05) is 171 Å². The van der Waals surface area contributed by atoms with Gasteiger partial charge in [-0.3, -0.25) is 0 Å². The second-order valence-electron chi connectivity index (χ2n) is 15.9. The van der Waals surface area contributed by atoms with Crippen molar-refractivity contribution in [2.45, 2.75) is 47.3 Å². The smallest absolute Gasteiger partial charge is 0.174 e. The Labute approximate surface area is 349 Å². The van der Waals surface area contributed by atoms with E-state index < -0.39 is 7.14 Å². The van der Waals surface area contributed by atoms with Crippen LogP contribution < -0.4 is 20.8 Å². The van der Waals surface area contributed by atoms with Gasteiger partial charge in [0.1, 0.15) is 11.2 Å². The van der Waals surface area contributed by atoms with Gasteiger partial charge >= 0.3 is 0 Å². The second-order valence-corrected chi connectivity index (χ2v) is 19.7. The highest BCUT2D eigenvalue weighted by Crippen LogP contribution is 2.53. The predicted octanol–water partition coefficient (Wildman–Crippen LogP) is 14.1. The Bertz CT molecular complexity index is 2930. The van der Waals surface area contributed by atoms with E-state index in [4.69, 9.17) is 4.42 Å². The molecule has 0 amide bonds. The molecule has 0 saturated heterocycles. The van der Waals surface area contributed by atoms with Gasteiger partial charge in [-0.05, 0) is 89.7 Å². The van der Waals surface area contributed by atoms with Crippen LogP contribution in [-0.2, 0) is 9.98 Å². The molecule has 0 radical (unpaired) electrons. The number of nitrogens with zero attached hydrogens (tertiary/aromatic N) is 1. The lowest BCUT2D eigenvalue weighted by atomic mass is 9.65. The Morgan fingerprint density at radius 1 is 0.508 bits per heavy atom. The van der Waals surface area contributed by atoms with Gasteiger partial charge in [0.25, 0.3) is 0 Å². The molecule has 0 spiro atoms. The lowest BCUT2D eigenvalue weighted by Gasteiger charge is -2.39. The highest BCUT2D eigenvalue weighted by Gasteiger charge is 2.37. The molecule has 2 heterocycles. The average molecular weight is 800 g/mol. The molecule has 8 aromatic carbocycles. The van der Waals surface area contributed by atoms with E-state index in [9.17, 15) is 0 Å². The van der Waals surface area contributed by atoms with Crippen molar-refractivity contribution in [1.82, 2.24) is 0 Å². The number of furan rings is 1. The number of hydrogen-bond acceptors (Lipinski definition) is 4. The Morgan fingerprint density at radius 2 is 1.05 bits per heavy atom. The van der Waals surface area contributed by atoms with Gasteiger partial charge in [-0.25, -0.2) is 0 Å². The first-order valence-electron chi connectivity index (χ1n) is 20.6. The molecule has 286 valence electrons. The van der Waals surface area contributed by atoms with Crippen LogP contribution in [0.25, 0.3) is 33.1 Å². The van der Waals surface area contributed by atoms with Crippen molar-refractivity contribution >= 4 is 73.8 Å². The summed E-state index contributed by atoms with van der Waals surface area (Å²) in [5.41, 5.74) is 9.88. The summed E-state index contributed by atoms with van der Waals surface area (Å²) in [5, 5.41) is 4.31. The number of rotatable bonds is 7. The fraction of sp³-hybridized carbons (Fsp3) is 0.111. The van der Waals surface area contributed by atoms with E-state index in [0.717, 1.165) is 56.2 Å². The van der Waals surface area contributed by atoms with Gasteiger partial charge < -0.3 is 13.9 Å². The van der Waals surface area contributed by atoms with Gasteiger partial charge in [0.2, 0.25) is 0 Å². The van der Waals surface area contributed by atoms with Gasteiger partial charge in [-0.2, -0.15) is 0 Å². The van der Waals surface area contributed by atoms with Crippen molar-refractivity contribution in [1.29, 1.82) is 0 Å². The molecule has 1 aliphatic heterocycles. The van der Waals surface area contributed by atoms with Crippen LogP contribution in [0.4, 0.5) is 17.1 Å². The summed E-state index contributed by atoms with van der Waals surface area (Å²) in [6, 6.07) is 68.5. The molecule has 3 nitrogen and oxygen atoms in total. The van der Waals surface area contributed by atoms with Crippen LogP contribution in [0.3, 0.4) is 0 Å². The van der Waals surface area contributed by atoms with E-state index in [0.29, 0.717) is 5.58 Å². The minimum atomic E-state index is -3.36. The minimum absolute atomic E-state index is 0.0743. The zero-order chi connectivity index (χ0) is 39.4. The van der Waals surface area contributed by atoms with E-state index >= 15 is 4.57 Å². The summed E-state index contributed by atoms with van der Waals surface area (Å²) in [4.78, 5) is 4.96. The predicted molar refractivity (Wildman–Crippen MR) is 248 cm³/mol. The normalized spacial score (nSPS) is 14.9. The SMILES string of the molecule is O=P(c1ccccc1)(c1ccccc1)c1cc(-c2ccc(C3(c4ccc(N5c6ccccc6Sc6ccccc65)cc4)CCCCC3)cc2)cc2c1oc1ccccc12. The third-order valence-electron chi connectivity index (χ3n) is 12.6. The second kappa shape index (κ2) is 14.6. The number of benzene rings is 8. The molecule has 5 heteroatoms. The Morgan fingerprint density at radius 3 is 1.68 bits per heavy atom. The third kappa shape index (κ3) is 6.00. The third-order valence-corrected chi connectivity index (χ3v) is 16.8. The molecule has 0 atom stereocenters. The Balaban J connectivity index is 1.01. The van der Waals surface area contributed by atoms with Crippen LogP contribution in [0.15, 0.2) is 208 Å². The lowest BCUT2D eigenvalue weighted by Crippen LogP contribution is -2.30. The summed E-state index contributed by atoms with van der Waals surface area (Å²) in [5.74, 6) is 0. The van der Waals surface area contributed by atoms with E-state index in [2.05, 4.69) is 120 Å². The molecule has 2 aliphatic rings. The molecular weight excluding hydrogens is 758 g/mol. The van der Waals surface area contributed by atoms with Crippen molar-refractivity contribution in [3.63, 3.8) is 0 Å². The minimum Gasteiger partial charge on any atom is -0.455 e. The van der Waals surface area contributed by atoms with Crippen molar-refractivity contribution in [2.24, 2.45) is 0 Å². The average Bonchev–Trinajstić information content (AvgIpc) is 3.70. The van der Waals surface area contributed by atoms with Gasteiger partial charge in [0, 0.05) is 42.3 Å². The van der Waals surface area contributed by atoms with Crippen LogP contribution in [0, 0.1) is 0 Å². The van der Waals surface area contributed by atoms with Crippen LogP contribution in [0.5, 0.6) is 0 Å². The summed E-state index contributed by atoms with van der Waals surface area (Å²) < 4.78 is 22.6. The van der Waals surface area contributed by atoms with E-state index in [-0.39, 0.29) is 5.41 Å². The number of fused-ring (bicyclic) bond motifs is 5. The highest BCUT2D eigenvalue weighted by molar-refractivity contribution is 7.99. The molecule has 0 unspecified atom stereocenters. The molecule has 59 heavy (non-hydrogen) atoms. The summed E-state index contributed by atoms with van der Waals surface area (Å²) in [6.07, 6.45) is 5.91. The molecule has 1 fully saturated rings. The lowest BCUT2D eigenvalue weighted by molar-refractivity contribution is 0.346. The zero-order valence-electron chi connectivity index (χ0n) is 32.6. The molecule has 11 rings (SSSR count). The maximum Gasteiger partial charge on any atom is 0.174 e. The van der Waals surface area contributed by atoms with Crippen molar-refractivity contribution in [3.8, 4) is 11.1 Å². The standard InChI is InChI=1S/C54H42NO2PS/c56-58(43-16-4-1-5-17-43,44-18-6-2-7-19-44)50-37-39(36-46-45-20-8-11-23-49(45)57-53(46)50)38-26-28-40(29-27-38)54(34-14-3-15-35-54)41-30-32-42(33-31-41)55-47-21-9-12-24-51(47)59-52-25-13-10-22-48(52)55/h1-2,4-13,16-33,36-37H,3,14-15,34-35H2. The summed E-state index contributed by atoms with van der Waals surface area (Å²) in [7, 11) is -3.36. The van der Waals surface area contributed by atoms with Crippen molar-refractivity contribution in [3.05, 3.63) is 205 Å².